The van der Waals surface area contributed by atoms with Crippen molar-refractivity contribution < 1.29 is 9.90 Å². The van der Waals surface area contributed by atoms with Gasteiger partial charge in [0.1, 0.15) is 0 Å². The molecule has 0 saturated heterocycles. The van der Waals surface area contributed by atoms with Crippen LogP contribution in [0.25, 0.3) is 0 Å². The number of carbonyl (C=O) groups is 1. The molecular weight excluding hydrogens is 178 g/mol. The Morgan fingerprint density at radius 3 is 2.71 bits per heavy atom. The first-order chi connectivity index (χ1) is 6.40. The number of nitrogens with one attached hydrogen (secondary N) is 1. The van der Waals surface area contributed by atoms with Gasteiger partial charge in [-0.2, -0.15) is 0 Å². The Balaban J connectivity index is 2.28. The van der Waals surface area contributed by atoms with E-state index in [0.29, 0.717) is 5.92 Å². The fraction of sp³-hybridized carbons (Fsp3) is 0.727. The van der Waals surface area contributed by atoms with Crippen molar-refractivity contribution in [2.45, 2.75) is 32.7 Å². The number of carboxylic acid groups (broad SMARTS) is 1. The van der Waals surface area contributed by atoms with Gasteiger partial charge in [-0.25, -0.2) is 4.79 Å². The lowest BCUT2D eigenvalue weighted by Gasteiger charge is -2.23. The van der Waals surface area contributed by atoms with Crippen molar-refractivity contribution in [1.82, 2.24) is 5.32 Å². The van der Waals surface area contributed by atoms with Crippen molar-refractivity contribution in [3.8, 4) is 11.8 Å². The van der Waals surface area contributed by atoms with Gasteiger partial charge in [-0.15, -0.1) is 0 Å². The van der Waals surface area contributed by atoms with Crippen molar-refractivity contribution in [1.29, 1.82) is 0 Å². The van der Waals surface area contributed by atoms with Crippen LogP contribution in [0.15, 0.2) is 0 Å². The predicted molar refractivity (Wildman–Crippen MR) is 52.7 cm³/mol. The second-order valence-corrected chi connectivity index (χ2v) is 4.95. The maximum absolute atomic E-state index is 10.7. The smallest absolute Gasteiger partial charge is 0.405 e. The monoisotopic (exact) mass is 193 g/mol. The summed E-state index contributed by atoms with van der Waals surface area (Å²) in [5.74, 6) is 6.80. The van der Waals surface area contributed by atoms with Crippen LogP contribution in [-0.2, 0) is 0 Å². The van der Waals surface area contributed by atoms with E-state index in [-0.39, 0.29) is 16.9 Å². The van der Waals surface area contributed by atoms with Crippen molar-refractivity contribution in [3.63, 3.8) is 0 Å². The van der Waals surface area contributed by atoms with Gasteiger partial charge in [0.25, 0.3) is 0 Å². The molecule has 1 saturated carbocycles. The van der Waals surface area contributed by atoms with Gasteiger partial charge in [0.2, 0.25) is 0 Å². The number of hydrogen-bond donors (Lipinski definition) is 2. The fourth-order valence-corrected chi connectivity index (χ4v) is 2.77. The van der Waals surface area contributed by atoms with E-state index in [2.05, 4.69) is 31.0 Å². The molecule has 0 heterocycles. The standard InChI is InChI=1S/C11H15NO2/c1-7-4-5-8-10(2,3)11(8,6-7)12-9(13)14/h7-8,12H,6H2,1-3H3,(H,13,14). The quantitative estimate of drug-likeness (QED) is 0.622. The summed E-state index contributed by atoms with van der Waals surface area (Å²) in [7, 11) is 0. The third kappa shape index (κ3) is 0.971. The fourth-order valence-electron chi connectivity index (χ4n) is 2.77. The molecule has 3 heteroatoms. The SMILES string of the molecule is CC1C#CC2C(C)(C)C2(NC(=O)O)C1. The number of rotatable bonds is 1. The predicted octanol–water partition coefficient (Wildman–Crippen LogP) is 1.69. The first-order valence-electron chi connectivity index (χ1n) is 4.92. The minimum atomic E-state index is -0.934. The van der Waals surface area contributed by atoms with Crippen LogP contribution in [0, 0.1) is 29.1 Å². The lowest BCUT2D eigenvalue weighted by molar-refractivity contribution is 0.181. The molecule has 1 amide bonds. The van der Waals surface area contributed by atoms with Crippen LogP contribution < -0.4 is 5.32 Å². The zero-order valence-electron chi connectivity index (χ0n) is 8.72. The minimum Gasteiger partial charge on any atom is -0.465 e. The van der Waals surface area contributed by atoms with Crippen molar-refractivity contribution in [3.05, 3.63) is 0 Å². The summed E-state index contributed by atoms with van der Waals surface area (Å²) in [6.07, 6.45) is -0.0966. The Kier molecular flexibility index (Phi) is 1.64. The van der Waals surface area contributed by atoms with E-state index in [9.17, 15) is 4.79 Å². The van der Waals surface area contributed by atoms with Crippen molar-refractivity contribution in [2.75, 3.05) is 0 Å². The molecule has 0 bridgehead atoms. The van der Waals surface area contributed by atoms with Gasteiger partial charge in [-0.3, -0.25) is 0 Å². The van der Waals surface area contributed by atoms with Crippen LogP contribution in [0.4, 0.5) is 4.79 Å². The summed E-state index contributed by atoms with van der Waals surface area (Å²) in [5, 5.41) is 11.5. The van der Waals surface area contributed by atoms with E-state index in [1.54, 1.807) is 0 Å². The summed E-state index contributed by atoms with van der Waals surface area (Å²) in [6, 6.07) is 0. The highest BCUT2D eigenvalue weighted by molar-refractivity contribution is 5.68. The molecule has 0 spiro atoms. The van der Waals surface area contributed by atoms with Gasteiger partial charge < -0.3 is 10.4 Å². The molecule has 2 aliphatic carbocycles. The van der Waals surface area contributed by atoms with E-state index < -0.39 is 6.09 Å². The van der Waals surface area contributed by atoms with Gasteiger partial charge in [0, 0.05) is 11.3 Å². The molecule has 3 nitrogen and oxygen atoms in total. The largest absolute Gasteiger partial charge is 0.465 e. The minimum absolute atomic E-state index is 0.0108. The third-order valence-electron chi connectivity index (χ3n) is 3.71. The van der Waals surface area contributed by atoms with Gasteiger partial charge in [-0.05, 0) is 6.42 Å². The first-order valence-corrected chi connectivity index (χ1v) is 4.92. The van der Waals surface area contributed by atoms with Crippen LogP contribution >= 0.6 is 0 Å². The zero-order valence-corrected chi connectivity index (χ0v) is 8.72. The Morgan fingerprint density at radius 2 is 2.14 bits per heavy atom. The molecule has 76 valence electrons. The second-order valence-electron chi connectivity index (χ2n) is 4.95. The highest BCUT2D eigenvalue weighted by Crippen LogP contribution is 2.65. The molecular formula is C11H15NO2. The van der Waals surface area contributed by atoms with E-state index in [0.717, 1.165) is 6.42 Å². The number of hydrogen-bond acceptors (Lipinski definition) is 1. The zero-order chi connectivity index (χ0) is 10.6. The summed E-state index contributed by atoms with van der Waals surface area (Å²) in [4.78, 5) is 10.7. The van der Waals surface area contributed by atoms with Crippen molar-refractivity contribution >= 4 is 6.09 Å². The molecule has 0 aliphatic heterocycles. The molecule has 2 rings (SSSR count). The maximum atomic E-state index is 10.7. The van der Waals surface area contributed by atoms with Crippen LogP contribution in [0.1, 0.15) is 27.2 Å². The summed E-state index contributed by atoms with van der Waals surface area (Å²) >= 11 is 0. The van der Waals surface area contributed by atoms with Crippen LogP contribution in [-0.4, -0.2) is 16.7 Å². The molecule has 3 unspecified atom stereocenters. The molecule has 1 fully saturated rings. The van der Waals surface area contributed by atoms with Gasteiger partial charge in [-0.1, -0.05) is 32.6 Å². The summed E-state index contributed by atoms with van der Waals surface area (Å²) in [6.45, 7) is 6.21. The highest BCUT2D eigenvalue weighted by Gasteiger charge is 2.72. The second kappa shape index (κ2) is 2.44. The Bertz CT molecular complexity index is 350. The molecule has 3 atom stereocenters. The Morgan fingerprint density at radius 1 is 1.50 bits per heavy atom. The molecule has 14 heavy (non-hydrogen) atoms. The Hall–Kier alpha value is -1.17. The van der Waals surface area contributed by atoms with Crippen molar-refractivity contribution in [2.24, 2.45) is 17.3 Å². The summed E-state index contributed by atoms with van der Waals surface area (Å²) in [5.41, 5.74) is -0.299. The number of fused-ring (bicyclic) bond motifs is 1. The molecule has 2 aliphatic rings. The van der Waals surface area contributed by atoms with Gasteiger partial charge >= 0.3 is 6.09 Å². The van der Waals surface area contributed by atoms with Gasteiger partial charge in [0.15, 0.2) is 0 Å². The molecule has 0 aromatic heterocycles. The third-order valence-corrected chi connectivity index (χ3v) is 3.71. The van der Waals surface area contributed by atoms with Crippen LogP contribution in [0.2, 0.25) is 0 Å². The number of amides is 1. The van der Waals surface area contributed by atoms with Gasteiger partial charge in [0.05, 0.1) is 11.5 Å². The molecule has 2 N–H and O–H groups in total. The van der Waals surface area contributed by atoms with E-state index in [4.69, 9.17) is 5.11 Å². The highest BCUT2D eigenvalue weighted by atomic mass is 16.4. The lowest BCUT2D eigenvalue weighted by atomic mass is 9.92. The topological polar surface area (TPSA) is 49.3 Å². The molecule has 0 aromatic carbocycles. The first kappa shape index (κ1) is 9.39. The summed E-state index contributed by atoms with van der Waals surface area (Å²) < 4.78 is 0. The Labute approximate surface area is 83.9 Å². The maximum Gasteiger partial charge on any atom is 0.405 e. The average molecular weight is 193 g/mol. The lowest BCUT2D eigenvalue weighted by Crippen LogP contribution is -2.42. The molecule has 0 aromatic rings. The van der Waals surface area contributed by atoms with E-state index in [1.807, 2.05) is 6.92 Å². The normalized spacial score (nSPS) is 41.6. The van der Waals surface area contributed by atoms with E-state index in [1.165, 1.54) is 0 Å². The van der Waals surface area contributed by atoms with Crippen LogP contribution in [0.3, 0.4) is 0 Å². The average Bonchev–Trinajstić information content (AvgIpc) is 2.45. The van der Waals surface area contributed by atoms with Crippen LogP contribution in [0.5, 0.6) is 0 Å². The molecule has 0 radical (unpaired) electrons. The van der Waals surface area contributed by atoms with E-state index >= 15 is 0 Å².